The Bertz CT molecular complexity index is 2110. The summed E-state index contributed by atoms with van der Waals surface area (Å²) in [5, 5.41) is 2.36. The van der Waals surface area contributed by atoms with Crippen molar-refractivity contribution >= 4 is 33.5 Å². The first-order valence-electron chi connectivity index (χ1n) is 17.9. The lowest BCUT2D eigenvalue weighted by Gasteiger charge is -2.28. The SMILES string of the molecule is CCc1ccccc1N(CC)c1ccc(-c2c(-c3ccc(N(CC)c4ccccc4CC)cc3C)c(OC)c3ccccc3c2C)c(C)c1. The van der Waals surface area contributed by atoms with Crippen molar-refractivity contribution in [1.29, 1.82) is 0 Å². The molecule has 0 N–H and O–H groups in total. The van der Waals surface area contributed by atoms with E-state index in [1.807, 2.05) is 7.11 Å². The zero-order valence-electron chi connectivity index (χ0n) is 30.5. The topological polar surface area (TPSA) is 15.7 Å². The van der Waals surface area contributed by atoms with Crippen LogP contribution in [-0.2, 0) is 12.8 Å². The Morgan fingerprint density at radius 3 is 1.41 bits per heavy atom. The number of methoxy groups -OCH3 is 1. The van der Waals surface area contributed by atoms with E-state index >= 15 is 0 Å². The highest BCUT2D eigenvalue weighted by atomic mass is 16.5. The highest BCUT2D eigenvalue weighted by molar-refractivity contribution is 6.06. The Balaban J connectivity index is 1.55. The number of fused-ring (bicyclic) bond motifs is 1. The predicted octanol–water partition coefficient (Wildman–Crippen LogP) is 12.5. The molecule has 0 saturated carbocycles. The Morgan fingerprint density at radius 1 is 0.510 bits per heavy atom. The minimum atomic E-state index is 0.891. The van der Waals surface area contributed by atoms with E-state index in [-0.39, 0.29) is 0 Å². The first-order valence-corrected chi connectivity index (χ1v) is 17.9. The fraction of sp³-hybridized carbons (Fsp3) is 0.261. The van der Waals surface area contributed by atoms with E-state index in [4.69, 9.17) is 4.74 Å². The number of aryl methyl sites for hydroxylation is 5. The van der Waals surface area contributed by atoms with E-state index in [0.29, 0.717) is 0 Å². The number of hydrogen-bond donors (Lipinski definition) is 0. The fourth-order valence-corrected chi connectivity index (χ4v) is 7.71. The molecule has 0 aliphatic heterocycles. The van der Waals surface area contributed by atoms with Gasteiger partial charge in [0.25, 0.3) is 0 Å². The molecule has 0 unspecified atom stereocenters. The van der Waals surface area contributed by atoms with Gasteiger partial charge in [0.15, 0.2) is 0 Å². The van der Waals surface area contributed by atoms with Crippen molar-refractivity contribution in [3.8, 4) is 28.0 Å². The van der Waals surface area contributed by atoms with Crippen LogP contribution in [0, 0.1) is 20.8 Å². The summed E-state index contributed by atoms with van der Waals surface area (Å²) in [5.74, 6) is 0.922. The van der Waals surface area contributed by atoms with Gasteiger partial charge in [0.2, 0.25) is 0 Å². The van der Waals surface area contributed by atoms with Crippen LogP contribution >= 0.6 is 0 Å². The van der Waals surface area contributed by atoms with E-state index < -0.39 is 0 Å². The summed E-state index contributed by atoms with van der Waals surface area (Å²) in [6.07, 6.45) is 2.00. The summed E-state index contributed by atoms with van der Waals surface area (Å²) >= 11 is 0. The lowest BCUT2D eigenvalue weighted by molar-refractivity contribution is 0.421. The number of hydrogen-bond acceptors (Lipinski definition) is 3. The molecular weight excluding hydrogens is 597 g/mol. The third kappa shape index (κ3) is 6.19. The lowest BCUT2D eigenvalue weighted by Crippen LogP contribution is -2.18. The van der Waals surface area contributed by atoms with Crippen molar-refractivity contribution in [2.45, 2.75) is 61.3 Å². The number of nitrogens with zero attached hydrogens (tertiary/aromatic N) is 2. The lowest BCUT2D eigenvalue weighted by atomic mass is 9.83. The van der Waals surface area contributed by atoms with Crippen LogP contribution in [0.25, 0.3) is 33.0 Å². The first kappa shape index (κ1) is 33.9. The van der Waals surface area contributed by atoms with Crippen molar-refractivity contribution in [3.05, 3.63) is 137 Å². The molecule has 49 heavy (non-hydrogen) atoms. The third-order valence-electron chi connectivity index (χ3n) is 10.2. The average molecular weight is 647 g/mol. The molecule has 6 aromatic carbocycles. The van der Waals surface area contributed by atoms with Gasteiger partial charge in [-0.1, -0.05) is 86.6 Å². The van der Waals surface area contributed by atoms with Crippen LogP contribution in [0.2, 0.25) is 0 Å². The van der Waals surface area contributed by atoms with Crippen LogP contribution < -0.4 is 14.5 Å². The van der Waals surface area contributed by atoms with Gasteiger partial charge >= 0.3 is 0 Å². The molecule has 0 fully saturated rings. The van der Waals surface area contributed by atoms with Crippen molar-refractivity contribution in [3.63, 3.8) is 0 Å². The molecule has 3 nitrogen and oxygen atoms in total. The normalized spacial score (nSPS) is 11.2. The minimum absolute atomic E-state index is 0.891. The second kappa shape index (κ2) is 14.6. The van der Waals surface area contributed by atoms with Crippen LogP contribution in [0.3, 0.4) is 0 Å². The maximum atomic E-state index is 6.37. The van der Waals surface area contributed by atoms with Gasteiger partial charge in [0, 0.05) is 46.8 Å². The molecular formula is C46H50N2O. The standard InChI is InChI=1S/C46H50N2O/c1-9-34-19-13-17-23-42(34)47(11-3)36-25-27-38(31(5)29-36)44-33(7)40-21-15-16-22-41(40)46(49-8)45(44)39-28-26-37(30-32(39)6)48(12-4)43-24-18-14-20-35(43)10-2/h13-30H,9-12H2,1-8H3. The molecule has 0 spiro atoms. The largest absolute Gasteiger partial charge is 0.495 e. The maximum Gasteiger partial charge on any atom is 0.135 e. The molecule has 6 rings (SSSR count). The van der Waals surface area contributed by atoms with Crippen LogP contribution in [0.5, 0.6) is 5.75 Å². The van der Waals surface area contributed by atoms with Crippen molar-refractivity contribution in [1.82, 2.24) is 0 Å². The molecule has 3 heteroatoms. The predicted molar refractivity (Wildman–Crippen MR) is 213 cm³/mol. The van der Waals surface area contributed by atoms with E-state index in [1.165, 1.54) is 72.6 Å². The average Bonchev–Trinajstić information content (AvgIpc) is 3.13. The molecule has 0 radical (unpaired) electrons. The van der Waals surface area contributed by atoms with Gasteiger partial charge in [0.1, 0.15) is 5.75 Å². The molecule has 6 aromatic rings. The van der Waals surface area contributed by atoms with Gasteiger partial charge in [-0.2, -0.15) is 0 Å². The molecule has 0 aromatic heterocycles. The van der Waals surface area contributed by atoms with Crippen LogP contribution in [-0.4, -0.2) is 20.2 Å². The van der Waals surface area contributed by atoms with Gasteiger partial charge in [-0.15, -0.1) is 0 Å². The van der Waals surface area contributed by atoms with Crippen LogP contribution in [0.15, 0.2) is 109 Å². The van der Waals surface area contributed by atoms with Crippen LogP contribution in [0.1, 0.15) is 55.5 Å². The zero-order chi connectivity index (χ0) is 34.7. The second-order valence-electron chi connectivity index (χ2n) is 12.9. The summed E-state index contributed by atoms with van der Waals surface area (Å²) in [7, 11) is 1.81. The Labute approximate surface area is 293 Å². The van der Waals surface area contributed by atoms with Gasteiger partial charge in [0.05, 0.1) is 7.11 Å². The summed E-state index contributed by atoms with van der Waals surface area (Å²) in [5.41, 5.74) is 16.2. The molecule has 0 amide bonds. The van der Waals surface area contributed by atoms with Gasteiger partial charge in [-0.3, -0.25) is 0 Å². The van der Waals surface area contributed by atoms with Gasteiger partial charge in [-0.25, -0.2) is 0 Å². The zero-order valence-corrected chi connectivity index (χ0v) is 30.5. The third-order valence-corrected chi connectivity index (χ3v) is 10.2. The molecule has 0 saturated heterocycles. The van der Waals surface area contributed by atoms with E-state index in [2.05, 4.69) is 167 Å². The van der Waals surface area contributed by atoms with E-state index in [9.17, 15) is 0 Å². The fourth-order valence-electron chi connectivity index (χ4n) is 7.71. The monoisotopic (exact) mass is 646 g/mol. The molecule has 0 aliphatic rings. The number of benzene rings is 6. The number of rotatable bonds is 11. The van der Waals surface area contributed by atoms with Crippen molar-refractivity contribution < 1.29 is 4.74 Å². The molecule has 0 bridgehead atoms. The summed E-state index contributed by atoms with van der Waals surface area (Å²) < 4.78 is 6.37. The molecule has 0 atom stereocenters. The highest BCUT2D eigenvalue weighted by Gasteiger charge is 2.24. The van der Waals surface area contributed by atoms with E-state index in [1.54, 1.807) is 0 Å². The number of anilines is 4. The van der Waals surface area contributed by atoms with Crippen LogP contribution in [0.4, 0.5) is 22.7 Å². The maximum absolute atomic E-state index is 6.37. The van der Waals surface area contributed by atoms with Gasteiger partial charge in [-0.05, 0) is 134 Å². The number of para-hydroxylation sites is 2. The Hall–Kier alpha value is -5.02. The Morgan fingerprint density at radius 2 is 0.959 bits per heavy atom. The van der Waals surface area contributed by atoms with E-state index in [0.717, 1.165) is 42.6 Å². The summed E-state index contributed by atoms with van der Waals surface area (Å²) in [6.45, 7) is 17.5. The Kier molecular flexibility index (Phi) is 10.1. The van der Waals surface area contributed by atoms with Crippen molar-refractivity contribution in [2.24, 2.45) is 0 Å². The summed E-state index contributed by atoms with van der Waals surface area (Å²) in [6, 6.07) is 40.1. The quantitative estimate of drug-likeness (QED) is 0.139. The molecule has 0 heterocycles. The molecule has 250 valence electrons. The van der Waals surface area contributed by atoms with Crippen molar-refractivity contribution in [2.75, 3.05) is 30.0 Å². The second-order valence-corrected chi connectivity index (χ2v) is 12.9. The van der Waals surface area contributed by atoms with Gasteiger partial charge < -0.3 is 14.5 Å². The molecule has 0 aliphatic carbocycles. The first-order chi connectivity index (χ1) is 23.9. The summed E-state index contributed by atoms with van der Waals surface area (Å²) in [4.78, 5) is 4.86. The smallest absolute Gasteiger partial charge is 0.135 e. The highest BCUT2D eigenvalue weighted by Crippen LogP contribution is 2.49. The minimum Gasteiger partial charge on any atom is -0.495 e. The number of ether oxygens (including phenoxy) is 1.